The summed E-state index contributed by atoms with van der Waals surface area (Å²) in [7, 11) is 0. The average Bonchev–Trinajstić information content (AvgIpc) is 2.67. The summed E-state index contributed by atoms with van der Waals surface area (Å²) in [5, 5.41) is 6.64. The fourth-order valence-corrected chi connectivity index (χ4v) is 3.93. The van der Waals surface area contributed by atoms with Gasteiger partial charge in [-0.1, -0.05) is 58.0 Å². The fraction of sp³-hybridized carbons (Fsp3) is 0.190. The van der Waals surface area contributed by atoms with Crippen molar-refractivity contribution < 1.29 is 9.59 Å². The van der Waals surface area contributed by atoms with Gasteiger partial charge in [0.1, 0.15) is 6.04 Å². The molecule has 1 aliphatic rings. The monoisotopic (exact) mass is 457 g/mol. The van der Waals surface area contributed by atoms with Crippen LogP contribution in [0.5, 0.6) is 0 Å². The minimum Gasteiger partial charge on any atom is -0.338 e. The molecule has 1 unspecified atom stereocenters. The van der Waals surface area contributed by atoms with Crippen molar-refractivity contribution in [3.8, 4) is 0 Å². The topological polar surface area (TPSA) is 70.6 Å². The van der Waals surface area contributed by atoms with Crippen LogP contribution >= 0.6 is 27.7 Å². The standard InChI is InChI=1S/C21H20BrN3O2S/c1-13-19(14(2)26)20(15-8-10-16(22)11-9-15)25-21(23-13)28-12-18(27)24-17-6-4-3-5-7-17/h3-11,20H,12H2,1-2H3,(H,23,25)(H,24,27). The molecule has 0 aromatic heterocycles. The van der Waals surface area contributed by atoms with Crippen LogP contribution in [0.15, 0.2) is 75.3 Å². The van der Waals surface area contributed by atoms with Crippen molar-refractivity contribution in [3.63, 3.8) is 0 Å². The highest BCUT2D eigenvalue weighted by Gasteiger charge is 2.27. The molecule has 144 valence electrons. The molecule has 0 saturated heterocycles. The number of nitrogens with one attached hydrogen (secondary N) is 2. The van der Waals surface area contributed by atoms with Crippen LogP contribution in [0, 0.1) is 0 Å². The third-order valence-electron chi connectivity index (χ3n) is 4.18. The normalized spacial score (nSPS) is 16.2. The Labute approximate surface area is 176 Å². The second-order valence-electron chi connectivity index (χ2n) is 6.31. The lowest BCUT2D eigenvalue weighted by Gasteiger charge is -2.25. The lowest BCUT2D eigenvalue weighted by atomic mass is 9.94. The zero-order valence-electron chi connectivity index (χ0n) is 15.5. The number of hydrogen-bond donors (Lipinski definition) is 2. The highest BCUT2D eigenvalue weighted by Crippen LogP contribution is 2.33. The Morgan fingerprint density at radius 2 is 1.82 bits per heavy atom. The van der Waals surface area contributed by atoms with Crippen molar-refractivity contribution in [3.05, 3.63) is 75.9 Å². The van der Waals surface area contributed by atoms with Crippen LogP contribution < -0.4 is 10.6 Å². The van der Waals surface area contributed by atoms with Crippen LogP contribution in [0.1, 0.15) is 25.5 Å². The predicted octanol–water partition coefficient (Wildman–Crippen LogP) is 4.68. The van der Waals surface area contributed by atoms with Crippen LogP contribution in [-0.4, -0.2) is 22.6 Å². The Hall–Kier alpha value is -2.38. The van der Waals surface area contributed by atoms with Gasteiger partial charge < -0.3 is 10.6 Å². The van der Waals surface area contributed by atoms with Gasteiger partial charge in [-0.25, -0.2) is 4.99 Å². The van der Waals surface area contributed by atoms with Gasteiger partial charge in [-0.15, -0.1) is 0 Å². The molecule has 5 nitrogen and oxygen atoms in total. The first-order chi connectivity index (χ1) is 13.4. The minimum absolute atomic E-state index is 0.0208. The van der Waals surface area contributed by atoms with Crippen LogP contribution in [0.3, 0.4) is 0 Å². The molecule has 0 aliphatic carbocycles. The van der Waals surface area contributed by atoms with E-state index in [0.29, 0.717) is 10.7 Å². The summed E-state index contributed by atoms with van der Waals surface area (Å²) < 4.78 is 0.964. The number of nitrogens with zero attached hydrogens (tertiary/aromatic N) is 1. The van der Waals surface area contributed by atoms with Gasteiger partial charge in [-0.2, -0.15) is 0 Å². The largest absolute Gasteiger partial charge is 0.338 e. The Bertz CT molecular complexity index is 940. The van der Waals surface area contributed by atoms with Gasteiger partial charge in [0, 0.05) is 21.4 Å². The van der Waals surface area contributed by atoms with E-state index in [9.17, 15) is 9.59 Å². The lowest BCUT2D eigenvalue weighted by Crippen LogP contribution is -2.30. The van der Waals surface area contributed by atoms with Crippen LogP contribution in [0.25, 0.3) is 0 Å². The molecule has 2 N–H and O–H groups in total. The Morgan fingerprint density at radius 1 is 1.14 bits per heavy atom. The zero-order valence-corrected chi connectivity index (χ0v) is 17.9. The number of para-hydroxylation sites is 1. The number of amidine groups is 1. The van der Waals surface area contributed by atoms with Gasteiger partial charge >= 0.3 is 0 Å². The molecule has 1 atom stereocenters. The molecule has 0 spiro atoms. The second-order valence-corrected chi connectivity index (χ2v) is 8.19. The minimum atomic E-state index is -0.383. The van der Waals surface area contributed by atoms with Crippen LogP contribution in [0.2, 0.25) is 0 Å². The number of aliphatic imine (C=N–C) groups is 1. The molecule has 3 rings (SSSR count). The summed E-state index contributed by atoms with van der Waals surface area (Å²) in [6.45, 7) is 3.41. The number of hydrogen-bond acceptors (Lipinski definition) is 5. The summed E-state index contributed by atoms with van der Waals surface area (Å²) in [6, 6.07) is 16.7. The summed E-state index contributed by atoms with van der Waals surface area (Å²) in [5.41, 5.74) is 3.09. The van der Waals surface area contributed by atoms with Crippen molar-refractivity contribution in [2.75, 3.05) is 11.1 Å². The van der Waals surface area contributed by atoms with Crippen molar-refractivity contribution in [1.29, 1.82) is 0 Å². The Kier molecular flexibility index (Phi) is 6.70. The maximum absolute atomic E-state index is 12.2. The second kappa shape index (κ2) is 9.21. The van der Waals surface area contributed by atoms with Gasteiger partial charge in [0.05, 0.1) is 5.75 Å². The summed E-state index contributed by atoms with van der Waals surface area (Å²) in [4.78, 5) is 29.1. The first-order valence-electron chi connectivity index (χ1n) is 8.73. The number of amides is 1. The van der Waals surface area contributed by atoms with Gasteiger partial charge in [-0.3, -0.25) is 9.59 Å². The molecule has 0 fully saturated rings. The summed E-state index contributed by atoms with van der Waals surface area (Å²) >= 11 is 4.75. The van der Waals surface area contributed by atoms with E-state index < -0.39 is 0 Å². The molecule has 1 heterocycles. The maximum Gasteiger partial charge on any atom is 0.234 e. The number of benzene rings is 2. The predicted molar refractivity (Wildman–Crippen MR) is 118 cm³/mol. The molecule has 0 saturated carbocycles. The van der Waals surface area contributed by atoms with Crippen molar-refractivity contribution in [2.45, 2.75) is 19.9 Å². The van der Waals surface area contributed by atoms with E-state index in [-0.39, 0.29) is 23.5 Å². The molecule has 2 aromatic carbocycles. The van der Waals surface area contributed by atoms with Crippen molar-refractivity contribution in [2.24, 2.45) is 4.99 Å². The zero-order chi connectivity index (χ0) is 20.1. The number of ketones is 1. The van der Waals surface area contributed by atoms with Crippen molar-refractivity contribution >= 4 is 50.2 Å². The third kappa shape index (κ3) is 5.11. The number of allylic oxidation sites excluding steroid dienone is 1. The van der Waals surface area contributed by atoms with E-state index in [1.807, 2.05) is 61.5 Å². The Morgan fingerprint density at radius 3 is 2.46 bits per heavy atom. The van der Waals surface area contributed by atoms with E-state index in [1.54, 1.807) is 6.92 Å². The third-order valence-corrected chi connectivity index (χ3v) is 5.60. The smallest absolute Gasteiger partial charge is 0.234 e. The quantitative estimate of drug-likeness (QED) is 0.683. The molecule has 1 aliphatic heterocycles. The van der Waals surface area contributed by atoms with E-state index in [4.69, 9.17) is 4.99 Å². The highest BCUT2D eigenvalue weighted by atomic mass is 79.9. The molecule has 0 bridgehead atoms. The molecule has 28 heavy (non-hydrogen) atoms. The van der Waals surface area contributed by atoms with Crippen LogP contribution in [-0.2, 0) is 9.59 Å². The maximum atomic E-state index is 12.2. The van der Waals surface area contributed by atoms with E-state index in [1.165, 1.54) is 11.8 Å². The fourth-order valence-electron chi connectivity index (χ4n) is 2.92. The first-order valence-corrected chi connectivity index (χ1v) is 10.5. The molecule has 0 radical (unpaired) electrons. The summed E-state index contributed by atoms with van der Waals surface area (Å²) in [5.74, 6) is 0.0867. The number of rotatable bonds is 5. The first kappa shape index (κ1) is 20.4. The highest BCUT2D eigenvalue weighted by molar-refractivity contribution is 9.10. The van der Waals surface area contributed by atoms with E-state index in [2.05, 4.69) is 26.6 Å². The van der Waals surface area contributed by atoms with E-state index >= 15 is 0 Å². The Balaban J connectivity index is 1.74. The van der Waals surface area contributed by atoms with Gasteiger partial charge in [0.25, 0.3) is 0 Å². The number of thioether (sulfide) groups is 1. The number of anilines is 1. The molecule has 7 heteroatoms. The number of carbonyl (C=O) groups excluding carboxylic acids is 2. The summed E-state index contributed by atoms with van der Waals surface area (Å²) in [6.07, 6.45) is 0. The molecule has 1 amide bonds. The van der Waals surface area contributed by atoms with Gasteiger partial charge in [-0.05, 0) is 43.7 Å². The molecule has 2 aromatic rings. The molecular weight excluding hydrogens is 438 g/mol. The van der Waals surface area contributed by atoms with Gasteiger partial charge in [0.2, 0.25) is 5.91 Å². The lowest BCUT2D eigenvalue weighted by molar-refractivity contribution is -0.114. The van der Waals surface area contributed by atoms with Crippen LogP contribution in [0.4, 0.5) is 5.69 Å². The number of Topliss-reactive ketones (excluding diaryl/α,β-unsaturated/α-hetero) is 1. The number of halogens is 1. The van der Waals surface area contributed by atoms with E-state index in [0.717, 1.165) is 21.4 Å². The molecular formula is C21H20BrN3O2S. The average molecular weight is 458 g/mol. The van der Waals surface area contributed by atoms with Gasteiger partial charge in [0.15, 0.2) is 11.0 Å². The van der Waals surface area contributed by atoms with Crippen molar-refractivity contribution in [1.82, 2.24) is 5.32 Å². The SMILES string of the molecule is CC(=O)C1=C(C)NC(SCC(=O)Nc2ccccc2)=NC1c1ccc(Br)cc1. The number of carbonyl (C=O) groups is 2.